The summed E-state index contributed by atoms with van der Waals surface area (Å²) in [4.78, 5) is 16.1. The standard InChI is InChI=1S/C11H16BrN5O/c1-15(6-9-4-8(12)5-16(9)2)7-10-13-11(18)17(3)14-10/h4-5H,6-7H2,1-3H3,(H,13,14,18). The van der Waals surface area contributed by atoms with Crippen LogP contribution in [0, 0.1) is 0 Å². The molecule has 0 fully saturated rings. The quantitative estimate of drug-likeness (QED) is 0.910. The lowest BCUT2D eigenvalue weighted by atomic mass is 10.4. The largest absolute Gasteiger partial charge is 0.352 e. The van der Waals surface area contributed by atoms with Gasteiger partial charge in [-0.05, 0) is 29.0 Å². The van der Waals surface area contributed by atoms with Crippen LogP contribution in [0.1, 0.15) is 11.5 Å². The molecule has 0 aromatic carbocycles. The van der Waals surface area contributed by atoms with Gasteiger partial charge in [0, 0.05) is 37.0 Å². The third-order valence-electron chi connectivity index (χ3n) is 2.74. The zero-order chi connectivity index (χ0) is 13.3. The van der Waals surface area contributed by atoms with E-state index in [9.17, 15) is 4.79 Å². The van der Waals surface area contributed by atoms with Gasteiger partial charge in [-0.2, -0.15) is 5.10 Å². The SMILES string of the molecule is CN(Cc1nn(C)c(=O)[nH]1)Cc1cc(Br)cn1C. The van der Waals surface area contributed by atoms with Crippen molar-refractivity contribution in [1.82, 2.24) is 24.2 Å². The smallest absolute Gasteiger partial charge is 0.343 e. The Morgan fingerprint density at radius 1 is 1.44 bits per heavy atom. The monoisotopic (exact) mass is 313 g/mol. The second-order valence-corrected chi connectivity index (χ2v) is 5.35. The molecule has 2 aromatic heterocycles. The maximum absolute atomic E-state index is 11.3. The number of rotatable bonds is 4. The summed E-state index contributed by atoms with van der Waals surface area (Å²) in [5.74, 6) is 0.679. The van der Waals surface area contributed by atoms with Crippen molar-refractivity contribution >= 4 is 15.9 Å². The molecular formula is C11H16BrN5O. The number of nitrogens with one attached hydrogen (secondary N) is 1. The Morgan fingerprint density at radius 3 is 2.67 bits per heavy atom. The van der Waals surface area contributed by atoms with Gasteiger partial charge in [0.15, 0.2) is 0 Å². The fraction of sp³-hybridized carbons (Fsp3) is 0.455. The topological polar surface area (TPSA) is 58.9 Å². The van der Waals surface area contributed by atoms with Crippen molar-refractivity contribution in [2.45, 2.75) is 13.1 Å². The molecule has 7 heteroatoms. The van der Waals surface area contributed by atoms with Gasteiger partial charge < -0.3 is 4.57 Å². The molecule has 18 heavy (non-hydrogen) atoms. The van der Waals surface area contributed by atoms with E-state index in [-0.39, 0.29) is 5.69 Å². The highest BCUT2D eigenvalue weighted by molar-refractivity contribution is 9.10. The van der Waals surface area contributed by atoms with Crippen LogP contribution >= 0.6 is 15.9 Å². The van der Waals surface area contributed by atoms with Crippen LogP contribution in [0.2, 0.25) is 0 Å². The van der Waals surface area contributed by atoms with Crippen molar-refractivity contribution in [2.75, 3.05) is 7.05 Å². The Morgan fingerprint density at radius 2 is 2.17 bits per heavy atom. The summed E-state index contributed by atoms with van der Waals surface area (Å²) >= 11 is 3.45. The fourth-order valence-electron chi connectivity index (χ4n) is 1.84. The molecule has 0 spiro atoms. The molecule has 2 heterocycles. The highest BCUT2D eigenvalue weighted by atomic mass is 79.9. The third kappa shape index (κ3) is 2.91. The van der Waals surface area contributed by atoms with Gasteiger partial charge in [0.25, 0.3) is 0 Å². The van der Waals surface area contributed by atoms with Crippen LogP contribution in [0.15, 0.2) is 21.5 Å². The molecule has 0 amide bonds. The van der Waals surface area contributed by atoms with Crippen LogP contribution < -0.4 is 5.69 Å². The molecule has 0 saturated heterocycles. The predicted octanol–water partition coefficient (Wildman–Crippen LogP) is 0.841. The van der Waals surface area contributed by atoms with Crippen LogP contribution in [-0.4, -0.2) is 31.3 Å². The minimum Gasteiger partial charge on any atom is -0.352 e. The van der Waals surface area contributed by atoms with Gasteiger partial charge >= 0.3 is 5.69 Å². The van der Waals surface area contributed by atoms with Gasteiger partial charge in [-0.25, -0.2) is 9.48 Å². The Balaban J connectivity index is 2.02. The molecule has 0 unspecified atom stereocenters. The van der Waals surface area contributed by atoms with Crippen LogP contribution in [0.4, 0.5) is 0 Å². The third-order valence-corrected chi connectivity index (χ3v) is 3.18. The molecule has 0 saturated carbocycles. The van der Waals surface area contributed by atoms with Crippen molar-refractivity contribution in [1.29, 1.82) is 0 Å². The van der Waals surface area contributed by atoms with Gasteiger partial charge in [-0.15, -0.1) is 0 Å². The zero-order valence-corrected chi connectivity index (χ0v) is 12.2. The van der Waals surface area contributed by atoms with E-state index in [2.05, 4.69) is 41.5 Å². The maximum Gasteiger partial charge on any atom is 0.343 e. The minimum absolute atomic E-state index is 0.181. The first-order valence-electron chi connectivity index (χ1n) is 5.57. The molecule has 98 valence electrons. The van der Waals surface area contributed by atoms with Gasteiger partial charge in [0.2, 0.25) is 0 Å². The van der Waals surface area contributed by atoms with Crippen LogP contribution in [0.5, 0.6) is 0 Å². The first-order valence-corrected chi connectivity index (χ1v) is 6.36. The number of halogens is 1. The van der Waals surface area contributed by atoms with E-state index in [1.54, 1.807) is 7.05 Å². The van der Waals surface area contributed by atoms with E-state index in [4.69, 9.17) is 0 Å². The van der Waals surface area contributed by atoms with Crippen molar-refractivity contribution in [3.05, 3.63) is 38.7 Å². The van der Waals surface area contributed by atoms with Crippen LogP contribution in [-0.2, 0) is 27.2 Å². The normalized spacial score (nSPS) is 11.4. The summed E-state index contributed by atoms with van der Waals surface area (Å²) in [6.45, 7) is 1.40. The summed E-state index contributed by atoms with van der Waals surface area (Å²) < 4.78 is 4.45. The Labute approximate surface area is 113 Å². The van der Waals surface area contributed by atoms with Crippen LogP contribution in [0.25, 0.3) is 0 Å². The molecule has 0 atom stereocenters. The van der Waals surface area contributed by atoms with Gasteiger partial charge in [-0.3, -0.25) is 9.88 Å². The molecule has 0 aliphatic rings. The van der Waals surface area contributed by atoms with Crippen molar-refractivity contribution in [2.24, 2.45) is 14.1 Å². The highest BCUT2D eigenvalue weighted by Gasteiger charge is 2.08. The van der Waals surface area contributed by atoms with Crippen LogP contribution in [0.3, 0.4) is 0 Å². The van der Waals surface area contributed by atoms with E-state index in [1.165, 1.54) is 10.4 Å². The molecule has 2 rings (SSSR count). The molecular weight excluding hydrogens is 298 g/mol. The average Bonchev–Trinajstić information content (AvgIpc) is 2.71. The molecule has 0 aliphatic heterocycles. The zero-order valence-electron chi connectivity index (χ0n) is 10.6. The predicted molar refractivity (Wildman–Crippen MR) is 72.1 cm³/mol. The average molecular weight is 314 g/mol. The number of nitrogens with zero attached hydrogens (tertiary/aromatic N) is 4. The summed E-state index contributed by atoms with van der Waals surface area (Å²) in [7, 11) is 5.64. The van der Waals surface area contributed by atoms with Crippen molar-refractivity contribution in [3.63, 3.8) is 0 Å². The Bertz CT molecular complexity index is 597. The van der Waals surface area contributed by atoms with E-state index in [0.717, 1.165) is 11.0 Å². The number of aromatic amines is 1. The van der Waals surface area contributed by atoms with Gasteiger partial charge in [-0.1, -0.05) is 0 Å². The van der Waals surface area contributed by atoms with Gasteiger partial charge in [0.05, 0.1) is 6.54 Å². The first-order chi connectivity index (χ1) is 8.45. The number of hydrogen-bond acceptors (Lipinski definition) is 3. The molecule has 0 bridgehead atoms. The molecule has 0 aliphatic carbocycles. The minimum atomic E-state index is -0.181. The number of aryl methyl sites for hydroxylation is 2. The first kappa shape index (κ1) is 13.1. The van der Waals surface area contributed by atoms with Gasteiger partial charge in [0.1, 0.15) is 5.82 Å². The Hall–Kier alpha value is -1.34. The van der Waals surface area contributed by atoms with E-state index in [0.29, 0.717) is 12.4 Å². The summed E-state index contributed by atoms with van der Waals surface area (Å²) in [6.07, 6.45) is 2.02. The fourth-order valence-corrected chi connectivity index (χ4v) is 2.41. The summed E-state index contributed by atoms with van der Waals surface area (Å²) in [5.41, 5.74) is 1.02. The lowest BCUT2D eigenvalue weighted by molar-refractivity contribution is 0.303. The van der Waals surface area contributed by atoms with E-state index < -0.39 is 0 Å². The van der Waals surface area contributed by atoms with Crippen molar-refractivity contribution in [3.8, 4) is 0 Å². The molecule has 1 N–H and O–H groups in total. The lowest BCUT2D eigenvalue weighted by Gasteiger charge is -2.15. The second-order valence-electron chi connectivity index (χ2n) is 4.43. The summed E-state index contributed by atoms with van der Waals surface area (Å²) in [5, 5.41) is 4.11. The number of H-pyrrole nitrogens is 1. The highest BCUT2D eigenvalue weighted by Crippen LogP contribution is 2.15. The Kier molecular flexibility index (Phi) is 3.72. The summed E-state index contributed by atoms with van der Waals surface area (Å²) in [6, 6.07) is 2.08. The molecule has 0 radical (unpaired) electrons. The van der Waals surface area contributed by atoms with E-state index in [1.807, 2.05) is 20.3 Å². The van der Waals surface area contributed by atoms with Crippen molar-refractivity contribution < 1.29 is 0 Å². The second kappa shape index (κ2) is 5.11. The number of aromatic nitrogens is 4. The molecule has 6 nitrogen and oxygen atoms in total. The molecule has 2 aromatic rings. The lowest BCUT2D eigenvalue weighted by Crippen LogP contribution is -2.19. The number of hydrogen-bond donors (Lipinski definition) is 1. The maximum atomic E-state index is 11.3. The van der Waals surface area contributed by atoms with E-state index >= 15 is 0 Å².